The predicted molar refractivity (Wildman–Crippen MR) is 46.7 cm³/mol. The summed E-state index contributed by atoms with van der Waals surface area (Å²) in [4.78, 5) is 3.85. The van der Waals surface area contributed by atoms with E-state index in [4.69, 9.17) is 11.6 Å². The number of fused-ring (bicyclic) bond motifs is 1. The van der Waals surface area contributed by atoms with Crippen molar-refractivity contribution in [3.63, 3.8) is 0 Å². The molecule has 2 rings (SSSR count). The van der Waals surface area contributed by atoms with E-state index in [1.807, 2.05) is 0 Å². The molecule has 1 aromatic heterocycles. The van der Waals surface area contributed by atoms with Gasteiger partial charge in [-0.15, -0.1) is 0 Å². The molecule has 0 atom stereocenters. The SMILES string of the molecule is Fc1ccc2c(Cl)cncc2c1. The number of benzene rings is 1. The molecule has 0 saturated carbocycles. The van der Waals surface area contributed by atoms with Gasteiger partial charge in [-0.05, 0) is 18.2 Å². The molecular weight excluding hydrogens is 177 g/mol. The van der Waals surface area contributed by atoms with Crippen LogP contribution in [0.2, 0.25) is 5.02 Å². The maximum atomic E-state index is 12.7. The second kappa shape index (κ2) is 2.72. The standard InChI is InChI=1S/C9H5ClFN/c10-9-5-12-4-6-3-7(11)1-2-8(6)9/h1-5H. The molecule has 0 bridgehead atoms. The highest BCUT2D eigenvalue weighted by molar-refractivity contribution is 6.35. The lowest BCUT2D eigenvalue weighted by molar-refractivity contribution is 0.629. The number of pyridine rings is 1. The summed E-state index contributed by atoms with van der Waals surface area (Å²) in [5, 5.41) is 2.10. The first-order valence-corrected chi connectivity index (χ1v) is 3.84. The summed E-state index contributed by atoms with van der Waals surface area (Å²) in [7, 11) is 0. The lowest BCUT2D eigenvalue weighted by Gasteiger charge is -1.97. The maximum Gasteiger partial charge on any atom is 0.123 e. The average Bonchev–Trinajstić information content (AvgIpc) is 2.04. The van der Waals surface area contributed by atoms with E-state index >= 15 is 0 Å². The Hall–Kier alpha value is -1.15. The Morgan fingerprint density at radius 2 is 2.08 bits per heavy atom. The summed E-state index contributed by atoms with van der Waals surface area (Å²) in [5.74, 6) is -0.272. The van der Waals surface area contributed by atoms with Crippen molar-refractivity contribution in [3.8, 4) is 0 Å². The van der Waals surface area contributed by atoms with Crippen LogP contribution in [0.3, 0.4) is 0 Å². The van der Waals surface area contributed by atoms with Gasteiger partial charge in [0.1, 0.15) is 5.82 Å². The van der Waals surface area contributed by atoms with E-state index in [2.05, 4.69) is 4.98 Å². The first kappa shape index (κ1) is 7.50. The molecule has 1 heterocycles. The van der Waals surface area contributed by atoms with Gasteiger partial charge >= 0.3 is 0 Å². The van der Waals surface area contributed by atoms with Crippen LogP contribution in [0, 0.1) is 5.82 Å². The van der Waals surface area contributed by atoms with Crippen molar-refractivity contribution in [1.82, 2.24) is 4.98 Å². The van der Waals surface area contributed by atoms with Gasteiger partial charge in [0.15, 0.2) is 0 Å². The summed E-state index contributed by atoms with van der Waals surface area (Å²) in [6.07, 6.45) is 3.13. The smallest absolute Gasteiger partial charge is 0.123 e. The van der Waals surface area contributed by atoms with Crippen LogP contribution in [0.1, 0.15) is 0 Å². The average molecular weight is 182 g/mol. The topological polar surface area (TPSA) is 12.9 Å². The fourth-order valence-corrected chi connectivity index (χ4v) is 1.34. The van der Waals surface area contributed by atoms with Crippen molar-refractivity contribution in [2.24, 2.45) is 0 Å². The molecule has 1 aromatic carbocycles. The maximum absolute atomic E-state index is 12.7. The molecule has 2 aromatic rings. The minimum Gasteiger partial charge on any atom is -0.263 e. The highest BCUT2D eigenvalue weighted by Crippen LogP contribution is 2.21. The normalized spacial score (nSPS) is 10.5. The molecule has 0 N–H and O–H groups in total. The number of hydrogen-bond donors (Lipinski definition) is 0. The predicted octanol–water partition coefficient (Wildman–Crippen LogP) is 3.03. The van der Waals surface area contributed by atoms with E-state index in [0.29, 0.717) is 5.02 Å². The summed E-state index contributed by atoms with van der Waals surface area (Å²) in [6, 6.07) is 4.44. The van der Waals surface area contributed by atoms with Crippen molar-refractivity contribution < 1.29 is 4.39 Å². The number of hydrogen-bond acceptors (Lipinski definition) is 1. The third-order valence-electron chi connectivity index (χ3n) is 1.67. The summed E-state index contributed by atoms with van der Waals surface area (Å²) < 4.78 is 12.7. The Labute approximate surface area is 73.8 Å². The third kappa shape index (κ3) is 1.14. The Balaban J connectivity index is 2.86. The van der Waals surface area contributed by atoms with Gasteiger partial charge in [-0.3, -0.25) is 4.98 Å². The van der Waals surface area contributed by atoms with Gasteiger partial charge < -0.3 is 0 Å². The Kier molecular flexibility index (Phi) is 1.70. The number of aromatic nitrogens is 1. The van der Waals surface area contributed by atoms with Gasteiger partial charge in [-0.2, -0.15) is 0 Å². The van der Waals surface area contributed by atoms with E-state index in [0.717, 1.165) is 10.8 Å². The molecule has 0 saturated heterocycles. The summed E-state index contributed by atoms with van der Waals surface area (Å²) in [6.45, 7) is 0. The van der Waals surface area contributed by atoms with Crippen LogP contribution in [-0.4, -0.2) is 4.98 Å². The lowest BCUT2D eigenvalue weighted by Crippen LogP contribution is -1.79. The molecule has 0 amide bonds. The molecule has 0 aliphatic rings. The van der Waals surface area contributed by atoms with Crippen molar-refractivity contribution in [2.45, 2.75) is 0 Å². The molecule has 0 aliphatic heterocycles. The van der Waals surface area contributed by atoms with E-state index in [9.17, 15) is 4.39 Å². The fourth-order valence-electron chi connectivity index (χ4n) is 1.11. The van der Waals surface area contributed by atoms with E-state index < -0.39 is 0 Å². The highest BCUT2D eigenvalue weighted by Gasteiger charge is 1.99. The minimum atomic E-state index is -0.272. The zero-order chi connectivity index (χ0) is 8.55. The van der Waals surface area contributed by atoms with E-state index in [-0.39, 0.29) is 5.82 Å². The van der Waals surface area contributed by atoms with Crippen LogP contribution in [0.15, 0.2) is 30.6 Å². The van der Waals surface area contributed by atoms with E-state index in [1.165, 1.54) is 12.1 Å². The zero-order valence-corrected chi connectivity index (χ0v) is 6.85. The van der Waals surface area contributed by atoms with Crippen LogP contribution in [0.25, 0.3) is 10.8 Å². The number of nitrogens with zero attached hydrogens (tertiary/aromatic N) is 1. The molecule has 0 radical (unpaired) electrons. The lowest BCUT2D eigenvalue weighted by atomic mass is 10.2. The van der Waals surface area contributed by atoms with Crippen LogP contribution in [0.5, 0.6) is 0 Å². The molecule has 0 unspecified atom stereocenters. The van der Waals surface area contributed by atoms with Crippen LogP contribution < -0.4 is 0 Å². The molecular formula is C9H5ClFN. The molecule has 0 fully saturated rings. The Morgan fingerprint density at radius 3 is 2.92 bits per heavy atom. The van der Waals surface area contributed by atoms with E-state index in [1.54, 1.807) is 18.5 Å². The van der Waals surface area contributed by atoms with Gasteiger partial charge in [0.05, 0.1) is 5.02 Å². The summed E-state index contributed by atoms with van der Waals surface area (Å²) in [5.41, 5.74) is 0. The quantitative estimate of drug-likeness (QED) is 0.609. The Morgan fingerprint density at radius 1 is 1.25 bits per heavy atom. The first-order chi connectivity index (χ1) is 5.77. The molecule has 60 valence electrons. The largest absolute Gasteiger partial charge is 0.263 e. The molecule has 1 nitrogen and oxygen atoms in total. The van der Waals surface area contributed by atoms with Crippen molar-refractivity contribution in [3.05, 3.63) is 41.4 Å². The fraction of sp³-hybridized carbons (Fsp3) is 0. The zero-order valence-electron chi connectivity index (χ0n) is 6.09. The number of halogens is 2. The first-order valence-electron chi connectivity index (χ1n) is 3.46. The molecule has 0 aliphatic carbocycles. The summed E-state index contributed by atoms with van der Waals surface area (Å²) >= 11 is 5.82. The van der Waals surface area contributed by atoms with Gasteiger partial charge in [-0.25, -0.2) is 4.39 Å². The minimum absolute atomic E-state index is 0.272. The highest BCUT2D eigenvalue weighted by atomic mass is 35.5. The van der Waals surface area contributed by atoms with Crippen molar-refractivity contribution >= 4 is 22.4 Å². The molecule has 0 spiro atoms. The van der Waals surface area contributed by atoms with Crippen LogP contribution in [-0.2, 0) is 0 Å². The number of rotatable bonds is 0. The molecule has 3 heteroatoms. The molecule has 12 heavy (non-hydrogen) atoms. The second-order valence-electron chi connectivity index (χ2n) is 2.49. The van der Waals surface area contributed by atoms with Crippen LogP contribution in [0.4, 0.5) is 4.39 Å². The monoisotopic (exact) mass is 181 g/mol. The van der Waals surface area contributed by atoms with Crippen LogP contribution >= 0.6 is 11.6 Å². The van der Waals surface area contributed by atoms with Crippen molar-refractivity contribution in [1.29, 1.82) is 0 Å². The second-order valence-corrected chi connectivity index (χ2v) is 2.89. The van der Waals surface area contributed by atoms with Gasteiger partial charge in [0.25, 0.3) is 0 Å². The Bertz CT molecular complexity index is 428. The van der Waals surface area contributed by atoms with Gasteiger partial charge in [0.2, 0.25) is 0 Å². The van der Waals surface area contributed by atoms with Gasteiger partial charge in [-0.1, -0.05) is 11.6 Å². The van der Waals surface area contributed by atoms with Gasteiger partial charge in [0, 0.05) is 23.2 Å². The third-order valence-corrected chi connectivity index (χ3v) is 1.97. The van der Waals surface area contributed by atoms with Crippen molar-refractivity contribution in [2.75, 3.05) is 0 Å².